The number of carbonyl (C=O) groups excluding carboxylic acids is 1. The second kappa shape index (κ2) is 7.18. The van der Waals surface area contributed by atoms with Gasteiger partial charge in [0.05, 0.1) is 22.7 Å². The van der Waals surface area contributed by atoms with E-state index in [2.05, 4.69) is 11.0 Å². The van der Waals surface area contributed by atoms with Gasteiger partial charge in [-0.15, -0.1) is 0 Å². The van der Waals surface area contributed by atoms with Gasteiger partial charge in [0, 0.05) is 36.2 Å². The molecule has 3 aromatic rings. The van der Waals surface area contributed by atoms with Gasteiger partial charge in [-0.2, -0.15) is 5.26 Å². The summed E-state index contributed by atoms with van der Waals surface area (Å²) in [5.74, 6) is -0.329. The van der Waals surface area contributed by atoms with Gasteiger partial charge in [0.25, 0.3) is 0 Å². The lowest BCUT2D eigenvalue weighted by atomic mass is 9.96. The number of carbonyl (C=O) groups is 1. The zero-order chi connectivity index (χ0) is 18.8. The van der Waals surface area contributed by atoms with Gasteiger partial charge in [-0.25, -0.2) is 4.79 Å². The highest BCUT2D eigenvalue weighted by molar-refractivity contribution is 6.05. The van der Waals surface area contributed by atoms with Gasteiger partial charge in [0.1, 0.15) is 6.61 Å². The van der Waals surface area contributed by atoms with Crippen LogP contribution in [0.25, 0.3) is 10.9 Å². The Morgan fingerprint density at radius 2 is 2.00 bits per heavy atom. The molecule has 27 heavy (non-hydrogen) atoms. The first kappa shape index (κ1) is 17.2. The number of benzene rings is 2. The van der Waals surface area contributed by atoms with Crippen molar-refractivity contribution in [2.45, 2.75) is 19.6 Å². The summed E-state index contributed by atoms with van der Waals surface area (Å²) in [5.41, 5.74) is 4.83. The molecule has 1 aromatic heterocycles. The molecule has 0 amide bonds. The van der Waals surface area contributed by atoms with Crippen LogP contribution in [0.15, 0.2) is 48.5 Å². The third-order valence-electron chi connectivity index (χ3n) is 4.89. The molecule has 1 aliphatic rings. The number of nitrogens with zero attached hydrogens (tertiary/aromatic N) is 3. The maximum absolute atomic E-state index is 13.0. The lowest BCUT2D eigenvalue weighted by Crippen LogP contribution is -2.29. The molecule has 4 rings (SSSR count). The van der Waals surface area contributed by atoms with E-state index < -0.39 is 0 Å². The number of para-hydroxylation sites is 1. The molecule has 5 heteroatoms. The van der Waals surface area contributed by atoms with Crippen LogP contribution in [0.2, 0.25) is 0 Å². The third kappa shape index (κ3) is 3.40. The van der Waals surface area contributed by atoms with Crippen LogP contribution in [0.3, 0.4) is 0 Å². The highest BCUT2D eigenvalue weighted by Gasteiger charge is 2.25. The minimum Gasteiger partial charge on any atom is -0.457 e. The van der Waals surface area contributed by atoms with Gasteiger partial charge >= 0.3 is 5.97 Å². The van der Waals surface area contributed by atoms with Crippen molar-refractivity contribution in [2.24, 2.45) is 0 Å². The van der Waals surface area contributed by atoms with Crippen LogP contribution in [0.4, 0.5) is 0 Å². The van der Waals surface area contributed by atoms with E-state index in [1.807, 2.05) is 31.3 Å². The number of rotatable bonds is 3. The molecule has 0 saturated heterocycles. The van der Waals surface area contributed by atoms with Crippen LogP contribution >= 0.6 is 0 Å². The first-order valence-corrected chi connectivity index (χ1v) is 8.91. The Morgan fingerprint density at radius 3 is 2.78 bits per heavy atom. The molecule has 0 N–H and O–H groups in total. The van der Waals surface area contributed by atoms with E-state index in [9.17, 15) is 4.79 Å². The van der Waals surface area contributed by atoms with Crippen molar-refractivity contribution in [1.29, 1.82) is 5.26 Å². The Bertz CT molecular complexity index is 1050. The highest BCUT2D eigenvalue weighted by Crippen LogP contribution is 2.28. The SMILES string of the molecule is CN1CCc2nc3ccccc3c(C(=O)OCc3ccc(C#N)cc3)c2C1. The monoisotopic (exact) mass is 357 g/mol. The lowest BCUT2D eigenvalue weighted by Gasteiger charge is -2.26. The Labute approximate surface area is 157 Å². The summed E-state index contributed by atoms with van der Waals surface area (Å²) in [7, 11) is 2.05. The second-order valence-corrected chi connectivity index (χ2v) is 6.80. The zero-order valence-corrected chi connectivity index (χ0v) is 15.1. The third-order valence-corrected chi connectivity index (χ3v) is 4.89. The van der Waals surface area contributed by atoms with Crippen molar-refractivity contribution in [1.82, 2.24) is 9.88 Å². The van der Waals surface area contributed by atoms with E-state index in [0.29, 0.717) is 17.7 Å². The Morgan fingerprint density at radius 1 is 1.22 bits per heavy atom. The van der Waals surface area contributed by atoms with Gasteiger partial charge in [0.2, 0.25) is 0 Å². The van der Waals surface area contributed by atoms with Crippen molar-refractivity contribution in [2.75, 3.05) is 13.6 Å². The zero-order valence-electron chi connectivity index (χ0n) is 15.1. The molecule has 0 spiro atoms. The van der Waals surface area contributed by atoms with Crippen LogP contribution < -0.4 is 0 Å². The summed E-state index contributed by atoms with van der Waals surface area (Å²) in [5, 5.41) is 9.71. The molecule has 5 nitrogen and oxygen atoms in total. The van der Waals surface area contributed by atoms with Crippen molar-refractivity contribution in [3.05, 3.63) is 76.5 Å². The number of pyridine rings is 1. The highest BCUT2D eigenvalue weighted by atomic mass is 16.5. The van der Waals surface area contributed by atoms with Gasteiger partial charge < -0.3 is 9.64 Å². The summed E-state index contributed by atoms with van der Waals surface area (Å²) in [4.78, 5) is 20.0. The van der Waals surface area contributed by atoms with Crippen LogP contribution in [-0.2, 0) is 24.3 Å². The molecule has 134 valence electrons. The van der Waals surface area contributed by atoms with E-state index >= 15 is 0 Å². The lowest BCUT2D eigenvalue weighted by molar-refractivity contribution is 0.0472. The number of ether oxygens (including phenoxy) is 1. The molecule has 1 aliphatic heterocycles. The Balaban J connectivity index is 1.68. The van der Waals surface area contributed by atoms with Crippen LogP contribution in [0.1, 0.15) is 32.7 Å². The molecular formula is C22H19N3O2. The average molecular weight is 357 g/mol. The number of esters is 1. The maximum Gasteiger partial charge on any atom is 0.339 e. The molecule has 2 heterocycles. The summed E-state index contributed by atoms with van der Waals surface area (Å²) in [6.07, 6.45) is 0.826. The fourth-order valence-corrected chi connectivity index (χ4v) is 3.45. The summed E-state index contributed by atoms with van der Waals surface area (Å²) in [6, 6.07) is 16.9. The quantitative estimate of drug-likeness (QED) is 0.672. The summed E-state index contributed by atoms with van der Waals surface area (Å²) < 4.78 is 5.63. The molecular weight excluding hydrogens is 338 g/mol. The van der Waals surface area contributed by atoms with Crippen LogP contribution in [-0.4, -0.2) is 29.4 Å². The fraction of sp³-hybridized carbons (Fsp3) is 0.227. The van der Waals surface area contributed by atoms with Gasteiger partial charge in [-0.05, 0) is 30.8 Å². The molecule has 0 bridgehead atoms. The van der Waals surface area contributed by atoms with Gasteiger partial charge in [-0.3, -0.25) is 4.98 Å². The molecule has 0 unspecified atom stereocenters. The Hall–Kier alpha value is -3.23. The largest absolute Gasteiger partial charge is 0.457 e. The van der Waals surface area contributed by atoms with Crippen molar-refractivity contribution in [3.63, 3.8) is 0 Å². The van der Waals surface area contributed by atoms with E-state index in [0.717, 1.165) is 40.7 Å². The van der Waals surface area contributed by atoms with Gasteiger partial charge in [0.15, 0.2) is 0 Å². The minimum absolute atomic E-state index is 0.172. The molecule has 2 aromatic carbocycles. The predicted molar refractivity (Wildman–Crippen MR) is 102 cm³/mol. The predicted octanol–water partition coefficient (Wildman–Crippen LogP) is 3.45. The first-order valence-electron chi connectivity index (χ1n) is 8.91. The Kier molecular flexibility index (Phi) is 4.57. The van der Waals surface area contributed by atoms with E-state index in [1.165, 1.54) is 0 Å². The van der Waals surface area contributed by atoms with Crippen molar-refractivity contribution < 1.29 is 9.53 Å². The second-order valence-electron chi connectivity index (χ2n) is 6.80. The first-order chi connectivity index (χ1) is 13.2. The smallest absolute Gasteiger partial charge is 0.339 e. The summed E-state index contributed by atoms with van der Waals surface area (Å²) in [6.45, 7) is 1.79. The number of likely N-dealkylation sites (N-methyl/N-ethyl adjacent to an activating group) is 1. The number of fused-ring (bicyclic) bond motifs is 2. The average Bonchev–Trinajstić information content (AvgIpc) is 2.70. The molecule has 0 saturated carbocycles. The molecule has 0 atom stereocenters. The number of hydrogen-bond donors (Lipinski definition) is 0. The summed E-state index contributed by atoms with van der Waals surface area (Å²) >= 11 is 0. The fourth-order valence-electron chi connectivity index (χ4n) is 3.45. The standard InChI is InChI=1S/C22H19N3O2/c1-25-11-10-20-18(13-25)21(17-4-2-3-5-19(17)24-20)22(26)27-14-16-8-6-15(12-23)7-9-16/h2-9H,10-11,13-14H2,1H3. The van der Waals surface area contributed by atoms with Crippen molar-refractivity contribution in [3.8, 4) is 6.07 Å². The molecule has 0 aliphatic carbocycles. The molecule has 0 radical (unpaired) electrons. The number of aromatic nitrogens is 1. The van der Waals surface area contributed by atoms with Crippen LogP contribution in [0.5, 0.6) is 0 Å². The number of hydrogen-bond acceptors (Lipinski definition) is 5. The minimum atomic E-state index is -0.329. The van der Waals surface area contributed by atoms with E-state index in [1.54, 1.807) is 24.3 Å². The van der Waals surface area contributed by atoms with E-state index in [4.69, 9.17) is 15.0 Å². The van der Waals surface area contributed by atoms with Crippen molar-refractivity contribution >= 4 is 16.9 Å². The maximum atomic E-state index is 13.0. The topological polar surface area (TPSA) is 66.2 Å². The van der Waals surface area contributed by atoms with Gasteiger partial charge in [-0.1, -0.05) is 30.3 Å². The molecule has 0 fully saturated rings. The van der Waals surface area contributed by atoms with Crippen LogP contribution in [0, 0.1) is 11.3 Å². The number of nitriles is 1. The normalized spacial score (nSPS) is 13.8. The van der Waals surface area contributed by atoms with E-state index in [-0.39, 0.29) is 12.6 Å².